The van der Waals surface area contributed by atoms with Gasteiger partial charge in [-0.25, -0.2) is 0 Å². The number of Topliss-reactive ketones (excluding diaryl/α,β-unsaturated/α-hetero) is 2. The van der Waals surface area contributed by atoms with Crippen LogP contribution in [0.2, 0.25) is 0 Å². The van der Waals surface area contributed by atoms with E-state index in [4.69, 9.17) is 5.73 Å². The number of phenolic OH excluding ortho intramolecular Hbond substituents is 1. The van der Waals surface area contributed by atoms with Gasteiger partial charge in [0.25, 0.3) is 5.91 Å². The highest BCUT2D eigenvalue weighted by Gasteiger charge is 2.70. The van der Waals surface area contributed by atoms with Gasteiger partial charge < -0.3 is 36.4 Å². The van der Waals surface area contributed by atoms with Crippen LogP contribution in [-0.2, 0) is 20.0 Å². The van der Waals surface area contributed by atoms with Gasteiger partial charge in [0.15, 0.2) is 11.4 Å². The summed E-state index contributed by atoms with van der Waals surface area (Å²) in [6, 6.07) is 2.50. The number of carbonyl (C=O) groups is 3. The molecule has 11 heteroatoms. The van der Waals surface area contributed by atoms with Crippen LogP contribution in [0.5, 0.6) is 5.75 Å². The second kappa shape index (κ2) is 6.87. The van der Waals surface area contributed by atoms with Gasteiger partial charge in [0.1, 0.15) is 22.8 Å². The summed E-state index contributed by atoms with van der Waals surface area (Å²) in [6.07, 6.45) is -1.87. The first kappa shape index (κ1) is 22.9. The lowest BCUT2D eigenvalue weighted by atomic mass is 9.53. The van der Waals surface area contributed by atoms with Crippen LogP contribution in [0.4, 0.5) is 0 Å². The van der Waals surface area contributed by atoms with Crippen LogP contribution in [0.15, 0.2) is 35.1 Å². The molecule has 8 N–H and O–H groups in total. The number of nitrogens with two attached hydrogens (primary N) is 1. The molecule has 176 valence electrons. The number of hydrogen-bond acceptors (Lipinski definition) is 10. The molecule has 0 spiro atoms. The van der Waals surface area contributed by atoms with Gasteiger partial charge in [-0.1, -0.05) is 12.1 Å². The zero-order valence-electron chi connectivity index (χ0n) is 18.0. The van der Waals surface area contributed by atoms with Crippen molar-refractivity contribution in [1.29, 1.82) is 0 Å². The number of primary amides is 1. The molecule has 0 radical (unpaired) electrons. The first-order valence-corrected chi connectivity index (χ1v) is 10.1. The molecule has 1 aromatic carbocycles. The molecule has 1 saturated carbocycles. The molecule has 6 atom stereocenters. The van der Waals surface area contributed by atoms with E-state index in [0.29, 0.717) is 0 Å². The number of rotatable bonds is 2. The Labute approximate surface area is 187 Å². The van der Waals surface area contributed by atoms with Crippen molar-refractivity contribution < 1.29 is 45.0 Å². The first-order valence-electron chi connectivity index (χ1n) is 10.1. The summed E-state index contributed by atoms with van der Waals surface area (Å²) in [5.74, 6) is -9.67. The third-order valence-corrected chi connectivity index (χ3v) is 7.03. The Morgan fingerprint density at radius 3 is 2.27 bits per heavy atom. The second-order valence-electron chi connectivity index (χ2n) is 9.06. The van der Waals surface area contributed by atoms with Gasteiger partial charge in [-0.3, -0.25) is 19.3 Å². The van der Waals surface area contributed by atoms with Crippen LogP contribution in [0.1, 0.15) is 18.1 Å². The lowest BCUT2D eigenvalue weighted by Crippen LogP contribution is -2.71. The van der Waals surface area contributed by atoms with E-state index < -0.39 is 81.1 Å². The Bertz CT molecular complexity index is 1180. The average molecular weight is 460 g/mol. The fourth-order valence-electron chi connectivity index (χ4n) is 5.60. The fraction of sp³-hybridized carbons (Fsp3) is 0.409. The zero-order chi connectivity index (χ0) is 24.8. The van der Waals surface area contributed by atoms with E-state index in [1.807, 2.05) is 0 Å². The number of fused-ring (bicyclic) bond motifs is 3. The molecule has 0 saturated heterocycles. The van der Waals surface area contributed by atoms with Crippen molar-refractivity contribution >= 4 is 23.2 Å². The zero-order valence-corrected chi connectivity index (χ0v) is 18.0. The molecule has 11 nitrogen and oxygen atoms in total. The van der Waals surface area contributed by atoms with Gasteiger partial charge in [-0.05, 0) is 32.6 Å². The van der Waals surface area contributed by atoms with Crippen LogP contribution in [0.3, 0.4) is 0 Å². The molecule has 3 aliphatic rings. The molecule has 0 heterocycles. The van der Waals surface area contributed by atoms with Gasteiger partial charge in [-0.15, -0.1) is 0 Å². The molecule has 1 aromatic rings. The normalized spacial score (nSPS) is 36.0. The van der Waals surface area contributed by atoms with Crippen LogP contribution in [0, 0.1) is 11.8 Å². The highest BCUT2D eigenvalue weighted by atomic mass is 16.4. The monoisotopic (exact) mass is 460 g/mol. The highest BCUT2D eigenvalue weighted by molar-refractivity contribution is 6.24. The standard InChI is InChI=1S/C22H24N2O9/c1-21(32)7-5-4-6-8(25)9(7)15(26)10-12(21)17(28)13-14(24(2)3)16(27)11(20(23)31)19(30)22(13,33)18(10)29/h4-6,12-14,17,25-26,28,30,32-33H,1-3H3,(H2,23,31)/t12-,13+,14+,17-,21-,22-/m1/s1. The Morgan fingerprint density at radius 1 is 1.12 bits per heavy atom. The Morgan fingerprint density at radius 2 is 1.73 bits per heavy atom. The van der Waals surface area contributed by atoms with Crippen LogP contribution < -0.4 is 5.73 Å². The van der Waals surface area contributed by atoms with Crippen molar-refractivity contribution in [1.82, 2.24) is 4.90 Å². The minimum absolute atomic E-state index is 0.00664. The molecular weight excluding hydrogens is 436 g/mol. The summed E-state index contributed by atoms with van der Waals surface area (Å²) >= 11 is 0. The summed E-state index contributed by atoms with van der Waals surface area (Å²) in [5.41, 5.74) is -1.78. The third-order valence-electron chi connectivity index (χ3n) is 7.03. The number of aliphatic hydroxyl groups excluding tert-OH is 3. The Kier molecular flexibility index (Phi) is 4.78. The minimum Gasteiger partial charge on any atom is -0.508 e. The van der Waals surface area contributed by atoms with Gasteiger partial charge in [0.05, 0.1) is 40.7 Å². The van der Waals surface area contributed by atoms with Gasteiger partial charge in [-0.2, -0.15) is 0 Å². The van der Waals surface area contributed by atoms with E-state index in [9.17, 15) is 45.0 Å². The molecular formula is C22H24N2O9. The smallest absolute Gasteiger partial charge is 0.255 e. The number of likely N-dealkylation sites (N-methyl/N-ethyl adjacent to an activating group) is 1. The molecule has 33 heavy (non-hydrogen) atoms. The van der Waals surface area contributed by atoms with E-state index in [0.717, 1.165) is 0 Å². The number of benzene rings is 1. The predicted octanol–water partition coefficient (Wildman–Crippen LogP) is -1.40. The molecule has 3 aliphatic carbocycles. The van der Waals surface area contributed by atoms with Gasteiger partial charge in [0.2, 0.25) is 5.78 Å². The molecule has 0 aromatic heterocycles. The van der Waals surface area contributed by atoms with Crippen molar-refractivity contribution in [2.24, 2.45) is 17.6 Å². The number of phenols is 1. The van der Waals surface area contributed by atoms with Crippen molar-refractivity contribution in [3.05, 3.63) is 46.2 Å². The average Bonchev–Trinajstić information content (AvgIpc) is 2.70. The van der Waals surface area contributed by atoms with Gasteiger partial charge in [0, 0.05) is 0 Å². The third kappa shape index (κ3) is 2.61. The number of nitrogens with zero attached hydrogens (tertiary/aromatic N) is 1. The summed E-state index contributed by atoms with van der Waals surface area (Å²) in [4.78, 5) is 39.9. The molecule has 0 aliphatic heterocycles. The van der Waals surface area contributed by atoms with E-state index in [1.165, 1.54) is 44.1 Å². The molecule has 4 rings (SSSR count). The van der Waals surface area contributed by atoms with E-state index in [2.05, 4.69) is 0 Å². The van der Waals surface area contributed by atoms with Crippen molar-refractivity contribution in [2.75, 3.05) is 14.1 Å². The quantitative estimate of drug-likeness (QED) is 0.257. The van der Waals surface area contributed by atoms with Crippen LogP contribution >= 0.6 is 0 Å². The maximum Gasteiger partial charge on any atom is 0.255 e. The van der Waals surface area contributed by atoms with Crippen LogP contribution in [0.25, 0.3) is 5.76 Å². The molecule has 1 fully saturated rings. The number of ketones is 2. The molecule has 1 amide bonds. The first-order chi connectivity index (χ1) is 15.2. The van der Waals surface area contributed by atoms with E-state index >= 15 is 0 Å². The second-order valence-corrected chi connectivity index (χ2v) is 9.06. The Balaban J connectivity index is 2.11. The lowest BCUT2D eigenvalue weighted by Gasteiger charge is -2.55. The highest BCUT2D eigenvalue weighted by Crippen LogP contribution is 2.57. The summed E-state index contributed by atoms with van der Waals surface area (Å²) < 4.78 is 0. The van der Waals surface area contributed by atoms with Gasteiger partial charge >= 0.3 is 0 Å². The number of aromatic hydroxyl groups is 1. The van der Waals surface area contributed by atoms with Crippen molar-refractivity contribution in [2.45, 2.75) is 30.3 Å². The van der Waals surface area contributed by atoms with E-state index in [1.54, 1.807) is 0 Å². The number of carbonyl (C=O) groups excluding carboxylic acids is 3. The fourth-order valence-corrected chi connectivity index (χ4v) is 5.60. The summed E-state index contributed by atoms with van der Waals surface area (Å²) in [6.45, 7) is 1.25. The van der Waals surface area contributed by atoms with Crippen molar-refractivity contribution in [3.63, 3.8) is 0 Å². The number of hydrogen-bond donors (Lipinski definition) is 7. The SMILES string of the molecule is CN(C)[C@@H]1C(=O)C(C(N)=O)=C(O)[C@]2(O)C(=O)C3=C(O)c4c(O)cccc4[C@@](C)(O)[C@H]3[C@@H](O)[C@H]12. The van der Waals surface area contributed by atoms with Crippen molar-refractivity contribution in [3.8, 4) is 5.75 Å². The van der Waals surface area contributed by atoms with Crippen LogP contribution in [-0.4, -0.2) is 84.9 Å². The summed E-state index contributed by atoms with van der Waals surface area (Å²) in [5, 5.41) is 66.3. The predicted molar refractivity (Wildman–Crippen MR) is 112 cm³/mol. The lowest BCUT2D eigenvalue weighted by molar-refractivity contribution is -0.181. The number of amides is 1. The number of aliphatic hydroxyl groups is 5. The minimum atomic E-state index is -3.02. The topological polar surface area (TPSA) is 202 Å². The molecule has 0 bridgehead atoms. The maximum atomic E-state index is 13.7. The molecule has 0 unspecified atom stereocenters. The van der Waals surface area contributed by atoms with E-state index in [-0.39, 0.29) is 11.1 Å². The Hall–Kier alpha value is -3.25. The largest absolute Gasteiger partial charge is 0.508 e. The summed E-state index contributed by atoms with van der Waals surface area (Å²) in [7, 11) is 2.80. The maximum absolute atomic E-state index is 13.7.